The quantitative estimate of drug-likeness (QED) is 0.133. The number of carbonyl (C=O) groups is 4. The number of pyridine rings is 1. The molecule has 1 saturated heterocycles. The number of anilines is 2. The number of aryl methyl sites for hydroxylation is 1. The molecule has 0 saturated carbocycles. The Morgan fingerprint density at radius 3 is 2.06 bits per heavy atom. The van der Waals surface area contributed by atoms with Crippen LogP contribution in [-0.2, 0) is 35.6 Å². The fraction of sp³-hybridized carbons (Fsp3) is 0.324. The van der Waals surface area contributed by atoms with Crippen LogP contribution >= 0.6 is 0 Å². The summed E-state index contributed by atoms with van der Waals surface area (Å²) in [6.45, 7) is 1.40. The Morgan fingerprint density at radius 1 is 0.923 bits per heavy atom. The first kappa shape index (κ1) is 41.1. The summed E-state index contributed by atoms with van der Waals surface area (Å²) >= 11 is 0. The largest absolute Gasteiger partial charge is 0.479 e. The number of hydrogen-bond donors (Lipinski definition) is 7. The molecule has 2 heterocycles. The number of aliphatic hydroxyl groups is 2. The van der Waals surface area contributed by atoms with Crippen molar-refractivity contribution in [2.75, 3.05) is 24.1 Å². The molecule has 1 aromatic heterocycles. The zero-order valence-corrected chi connectivity index (χ0v) is 28.7. The van der Waals surface area contributed by atoms with Crippen molar-refractivity contribution >= 4 is 45.2 Å². The van der Waals surface area contributed by atoms with Crippen molar-refractivity contribution in [1.29, 1.82) is 0 Å². The van der Waals surface area contributed by atoms with Crippen molar-refractivity contribution in [3.8, 4) is 11.1 Å². The Hall–Kier alpha value is -5.30. The van der Waals surface area contributed by atoms with E-state index in [-0.39, 0.29) is 48.5 Å². The van der Waals surface area contributed by atoms with Gasteiger partial charge in [-0.05, 0) is 61.4 Å². The van der Waals surface area contributed by atoms with Crippen LogP contribution < -0.4 is 15.8 Å². The van der Waals surface area contributed by atoms with E-state index in [1.165, 1.54) is 24.1 Å². The second kappa shape index (κ2) is 18.8. The number of aliphatic carboxylic acids is 2. The lowest BCUT2D eigenvalue weighted by molar-refractivity contribution is -0.165. The molecular weight excluding hydrogens is 708 g/mol. The van der Waals surface area contributed by atoms with Gasteiger partial charge >= 0.3 is 11.9 Å². The average Bonchev–Trinajstić information content (AvgIpc) is 3.11. The van der Waals surface area contributed by atoms with Gasteiger partial charge in [0, 0.05) is 31.3 Å². The van der Waals surface area contributed by atoms with E-state index in [0.717, 1.165) is 5.69 Å². The highest BCUT2D eigenvalue weighted by molar-refractivity contribution is 7.89. The van der Waals surface area contributed by atoms with E-state index in [1.54, 1.807) is 48.5 Å². The number of nitrogens with one attached hydrogen (secondary N) is 2. The van der Waals surface area contributed by atoms with E-state index in [0.29, 0.717) is 29.7 Å². The lowest BCUT2D eigenvalue weighted by Gasteiger charge is -2.31. The Morgan fingerprint density at radius 2 is 1.54 bits per heavy atom. The van der Waals surface area contributed by atoms with Crippen LogP contribution in [0, 0.1) is 0 Å². The van der Waals surface area contributed by atoms with E-state index < -0.39 is 58.1 Å². The highest BCUT2D eigenvalue weighted by atomic mass is 32.2. The standard InChI is InChI=1S/C30H33F2N5O4S.C4H6O6/c1-20(38)35-28-25(21-7-3-2-4-8-21)10-6-12-27(28)42(40,41)36-26(11-5-9-24-14-13-23(33)19-34-24)30(39)37-17-15-22(16-18-37)29(31)32;5-1(3(7)8)2(6)4(9)10/h2-4,6-8,10,12-14,19,26,36H,5,9,11,15-18,33H2,1H3,(H,35,38);1-2,5-6H,(H,7,8)(H,9,10)/t26-;1-,2-/m01/s1. The maximum Gasteiger partial charge on any atom is 0.335 e. The van der Waals surface area contributed by atoms with E-state index in [2.05, 4.69) is 15.0 Å². The highest BCUT2D eigenvalue weighted by Gasteiger charge is 2.33. The number of nitrogens with zero attached hydrogens (tertiary/aromatic N) is 2. The predicted molar refractivity (Wildman–Crippen MR) is 184 cm³/mol. The molecule has 0 bridgehead atoms. The minimum absolute atomic E-state index is 0.00304. The van der Waals surface area contributed by atoms with Gasteiger partial charge < -0.3 is 36.4 Å². The zero-order chi connectivity index (χ0) is 38.6. The molecule has 1 aliphatic rings. The Balaban J connectivity index is 0.000000636. The van der Waals surface area contributed by atoms with Crippen LogP contribution in [0.4, 0.5) is 20.2 Å². The van der Waals surface area contributed by atoms with Crippen LogP contribution in [0.25, 0.3) is 11.1 Å². The van der Waals surface area contributed by atoms with Gasteiger partial charge in [0.15, 0.2) is 12.2 Å². The molecule has 0 radical (unpaired) electrons. The second-order valence-corrected chi connectivity index (χ2v) is 13.3. The molecule has 52 heavy (non-hydrogen) atoms. The molecule has 2 amide bonds. The lowest BCUT2D eigenvalue weighted by atomic mass is 10.0. The third-order valence-electron chi connectivity index (χ3n) is 7.82. The van der Waals surface area contributed by atoms with E-state index >= 15 is 0 Å². The van der Waals surface area contributed by atoms with Crippen molar-refractivity contribution < 1.29 is 56.8 Å². The number of rotatable bonds is 13. The minimum atomic E-state index is -4.35. The first-order valence-electron chi connectivity index (χ1n) is 15.8. The van der Waals surface area contributed by atoms with Crippen LogP contribution in [0.3, 0.4) is 0 Å². The number of likely N-dealkylation sites (tertiary alicyclic amines) is 1. The number of carboxylic acid groups (broad SMARTS) is 2. The van der Waals surface area contributed by atoms with Gasteiger partial charge in [0.25, 0.3) is 6.08 Å². The summed E-state index contributed by atoms with van der Waals surface area (Å²) in [6, 6.07) is 15.9. The van der Waals surface area contributed by atoms with Crippen molar-refractivity contribution in [3.05, 3.63) is 84.2 Å². The molecular formula is C34H39F2N5O10S. The number of nitrogens with two attached hydrogens (primary N) is 1. The number of aromatic nitrogens is 1. The average molecular weight is 748 g/mol. The van der Waals surface area contributed by atoms with Gasteiger partial charge in [-0.2, -0.15) is 13.5 Å². The maximum absolute atomic E-state index is 13.9. The summed E-state index contributed by atoms with van der Waals surface area (Å²) < 4.78 is 56.5. The second-order valence-electron chi connectivity index (χ2n) is 11.6. The molecule has 3 aromatic rings. The molecule has 2 aromatic carbocycles. The normalized spacial score (nSPS) is 14.6. The fourth-order valence-electron chi connectivity index (χ4n) is 5.15. The van der Waals surface area contributed by atoms with Gasteiger partial charge in [-0.3, -0.25) is 14.6 Å². The Labute approximate surface area is 297 Å². The van der Waals surface area contributed by atoms with Gasteiger partial charge in [-0.1, -0.05) is 42.5 Å². The number of hydrogen-bond acceptors (Lipinski definition) is 10. The van der Waals surface area contributed by atoms with Crippen LogP contribution in [-0.4, -0.2) is 93.8 Å². The number of aliphatic hydroxyl groups excluding tert-OH is 2. The number of carbonyl (C=O) groups excluding carboxylic acids is 2. The summed E-state index contributed by atoms with van der Waals surface area (Å²) in [7, 11) is -4.35. The van der Waals surface area contributed by atoms with Gasteiger partial charge in [0.1, 0.15) is 10.9 Å². The van der Waals surface area contributed by atoms with Crippen molar-refractivity contribution in [1.82, 2.24) is 14.6 Å². The van der Waals surface area contributed by atoms with Crippen molar-refractivity contribution in [2.24, 2.45) is 0 Å². The third kappa shape index (κ3) is 11.6. The number of sulfonamides is 1. The molecule has 0 spiro atoms. The van der Waals surface area contributed by atoms with Crippen LogP contribution in [0.15, 0.2) is 83.4 Å². The number of piperidine rings is 1. The SMILES string of the molecule is CC(=O)Nc1c(-c2ccccc2)cccc1S(=O)(=O)N[C@@H](CCCc1ccc(N)cn1)C(=O)N1CCC(=C(F)F)CC1.O=C(O)[C@H](O)[C@@H](O)C(=O)O. The van der Waals surface area contributed by atoms with Crippen molar-refractivity contribution in [2.45, 2.75) is 62.2 Å². The molecule has 4 rings (SSSR count). The van der Waals surface area contributed by atoms with E-state index in [9.17, 15) is 36.4 Å². The summed E-state index contributed by atoms with van der Waals surface area (Å²) in [6.07, 6.45) is -3.69. The fourth-order valence-corrected chi connectivity index (χ4v) is 6.56. The first-order valence-corrected chi connectivity index (χ1v) is 17.3. The lowest BCUT2D eigenvalue weighted by Crippen LogP contribution is -2.50. The highest BCUT2D eigenvalue weighted by Crippen LogP contribution is 2.34. The number of amides is 2. The number of nitrogen functional groups attached to an aromatic ring is 1. The van der Waals surface area contributed by atoms with Crippen LogP contribution in [0.5, 0.6) is 0 Å². The molecule has 1 aliphatic heterocycles. The van der Waals surface area contributed by atoms with Crippen molar-refractivity contribution in [3.63, 3.8) is 0 Å². The van der Waals surface area contributed by atoms with E-state index in [1.807, 2.05) is 6.07 Å². The molecule has 1 fully saturated rings. The monoisotopic (exact) mass is 747 g/mol. The summed E-state index contributed by atoms with van der Waals surface area (Å²) in [5, 5.41) is 35.2. The molecule has 280 valence electrons. The topological polar surface area (TPSA) is 250 Å². The molecule has 15 nitrogen and oxygen atoms in total. The molecule has 0 unspecified atom stereocenters. The summed E-state index contributed by atoms with van der Waals surface area (Å²) in [5.74, 6) is -4.50. The van der Waals surface area contributed by atoms with Gasteiger partial charge in [-0.15, -0.1) is 0 Å². The molecule has 8 N–H and O–H groups in total. The van der Waals surface area contributed by atoms with Gasteiger partial charge in [0.05, 0.1) is 17.6 Å². The maximum atomic E-state index is 13.9. The van der Waals surface area contributed by atoms with E-state index in [4.69, 9.17) is 26.2 Å². The Bertz CT molecular complexity index is 1850. The number of para-hydroxylation sites is 1. The summed E-state index contributed by atoms with van der Waals surface area (Å²) in [5.41, 5.74) is 8.22. The summed E-state index contributed by atoms with van der Waals surface area (Å²) in [4.78, 5) is 50.8. The van der Waals surface area contributed by atoms with Crippen LogP contribution in [0.2, 0.25) is 0 Å². The number of carboxylic acids is 2. The molecule has 0 aliphatic carbocycles. The smallest absolute Gasteiger partial charge is 0.335 e. The van der Waals surface area contributed by atoms with Crippen LogP contribution in [0.1, 0.15) is 38.3 Å². The van der Waals surface area contributed by atoms with Gasteiger partial charge in [0.2, 0.25) is 21.8 Å². The molecule has 18 heteroatoms. The minimum Gasteiger partial charge on any atom is -0.479 e. The molecule has 3 atom stereocenters. The Kier molecular flexibility index (Phi) is 14.9. The third-order valence-corrected chi connectivity index (χ3v) is 9.34. The first-order chi connectivity index (χ1) is 24.5. The number of benzene rings is 2. The number of halogens is 2. The van der Waals surface area contributed by atoms with Gasteiger partial charge in [-0.25, -0.2) is 18.0 Å². The zero-order valence-electron chi connectivity index (χ0n) is 27.9. The predicted octanol–water partition coefficient (Wildman–Crippen LogP) is 2.61.